The number of benzene rings is 1. The Morgan fingerprint density at radius 2 is 2.16 bits per heavy atom. The van der Waals surface area contributed by atoms with Crippen molar-refractivity contribution in [3.05, 3.63) is 29.6 Å². The fourth-order valence-corrected chi connectivity index (χ4v) is 2.81. The second kappa shape index (κ2) is 9.63. The number of anilines is 1. The van der Waals surface area contributed by atoms with Crippen LogP contribution in [0, 0.1) is 0 Å². The van der Waals surface area contributed by atoms with Crippen molar-refractivity contribution in [2.45, 2.75) is 32.6 Å². The van der Waals surface area contributed by atoms with Crippen LogP contribution in [0.25, 0.3) is 11.3 Å². The third kappa shape index (κ3) is 6.42. The summed E-state index contributed by atoms with van der Waals surface area (Å²) in [6.45, 7) is 2.77. The van der Waals surface area contributed by atoms with Crippen LogP contribution in [-0.4, -0.2) is 23.5 Å². The average Bonchev–Trinajstić information content (AvgIpc) is 3.01. The van der Waals surface area contributed by atoms with E-state index in [0.717, 1.165) is 24.1 Å². The molecule has 2 aromatic rings. The van der Waals surface area contributed by atoms with Gasteiger partial charge >= 0.3 is 6.03 Å². The number of rotatable bonds is 7. The van der Waals surface area contributed by atoms with Crippen molar-refractivity contribution in [3.8, 4) is 11.3 Å². The third-order valence-electron chi connectivity index (χ3n) is 3.47. The molecule has 0 atom stereocenters. The first-order valence-corrected chi connectivity index (χ1v) is 9.17. The summed E-state index contributed by atoms with van der Waals surface area (Å²) in [4.78, 5) is 20.2. The SMILES string of the molecule is CCCCCCNC(=O)NC(N)=Nc1cccc(-c2csc(N)n2)c1. The van der Waals surface area contributed by atoms with Crippen molar-refractivity contribution in [2.24, 2.45) is 10.7 Å². The highest BCUT2D eigenvalue weighted by Gasteiger charge is 2.05. The minimum absolute atomic E-state index is 0.0426. The summed E-state index contributed by atoms with van der Waals surface area (Å²) in [5.41, 5.74) is 13.8. The standard InChI is InChI=1S/C17H24N6OS/c1-2-3-4-5-9-20-17(24)23-15(18)21-13-8-6-7-12(10-13)14-11-25-16(19)22-14/h6-8,10-11H,2-5,9H2,1H3,(H2,19,22)(H4,18,20,21,23,24). The van der Waals surface area contributed by atoms with E-state index in [2.05, 4.69) is 27.5 Å². The molecule has 0 fully saturated rings. The van der Waals surface area contributed by atoms with Crippen LogP contribution in [0.5, 0.6) is 0 Å². The van der Waals surface area contributed by atoms with Gasteiger partial charge in [0.15, 0.2) is 5.13 Å². The maximum absolute atomic E-state index is 11.8. The first-order chi connectivity index (χ1) is 12.1. The lowest BCUT2D eigenvalue weighted by Crippen LogP contribution is -2.43. The van der Waals surface area contributed by atoms with E-state index in [0.29, 0.717) is 17.4 Å². The van der Waals surface area contributed by atoms with Crippen LogP contribution >= 0.6 is 11.3 Å². The summed E-state index contributed by atoms with van der Waals surface area (Å²) < 4.78 is 0. The second-order valence-corrected chi connectivity index (χ2v) is 6.45. The van der Waals surface area contributed by atoms with Crippen LogP contribution in [0.3, 0.4) is 0 Å². The summed E-state index contributed by atoms with van der Waals surface area (Å²) >= 11 is 1.38. The van der Waals surface area contributed by atoms with Gasteiger partial charge in [0.25, 0.3) is 0 Å². The van der Waals surface area contributed by atoms with E-state index in [1.54, 1.807) is 6.07 Å². The number of nitrogens with two attached hydrogens (primary N) is 2. The molecule has 2 rings (SSSR count). The molecule has 2 amide bonds. The lowest BCUT2D eigenvalue weighted by atomic mass is 10.1. The molecule has 0 aliphatic rings. The van der Waals surface area contributed by atoms with E-state index in [4.69, 9.17) is 11.5 Å². The van der Waals surface area contributed by atoms with Crippen molar-refractivity contribution in [3.63, 3.8) is 0 Å². The van der Waals surface area contributed by atoms with E-state index in [9.17, 15) is 4.79 Å². The van der Waals surface area contributed by atoms with Gasteiger partial charge in [0.2, 0.25) is 5.96 Å². The van der Waals surface area contributed by atoms with Gasteiger partial charge in [0.1, 0.15) is 0 Å². The molecule has 1 aromatic heterocycles. The Hall–Kier alpha value is -2.61. The van der Waals surface area contributed by atoms with Gasteiger partial charge < -0.3 is 16.8 Å². The summed E-state index contributed by atoms with van der Waals surface area (Å²) in [6, 6.07) is 7.06. The van der Waals surface area contributed by atoms with Gasteiger partial charge in [-0.1, -0.05) is 38.3 Å². The smallest absolute Gasteiger partial charge is 0.321 e. The molecule has 0 unspecified atom stereocenters. The number of hydrogen-bond acceptors (Lipinski definition) is 5. The second-order valence-electron chi connectivity index (χ2n) is 5.56. The number of hydrogen-bond donors (Lipinski definition) is 4. The zero-order chi connectivity index (χ0) is 18.1. The topological polar surface area (TPSA) is 118 Å². The lowest BCUT2D eigenvalue weighted by Gasteiger charge is -2.07. The van der Waals surface area contributed by atoms with Gasteiger partial charge in [0.05, 0.1) is 11.4 Å². The van der Waals surface area contributed by atoms with E-state index >= 15 is 0 Å². The van der Waals surface area contributed by atoms with Crippen molar-refractivity contribution < 1.29 is 4.79 Å². The van der Waals surface area contributed by atoms with E-state index in [1.807, 2.05) is 23.6 Å². The number of amides is 2. The molecular weight excluding hydrogens is 336 g/mol. The van der Waals surface area contributed by atoms with Crippen LogP contribution in [0.15, 0.2) is 34.6 Å². The molecule has 0 spiro atoms. The zero-order valence-electron chi connectivity index (χ0n) is 14.3. The minimum Gasteiger partial charge on any atom is -0.375 e. The maximum atomic E-state index is 11.8. The molecule has 0 bridgehead atoms. The first-order valence-electron chi connectivity index (χ1n) is 8.29. The fourth-order valence-electron chi connectivity index (χ4n) is 2.24. The van der Waals surface area contributed by atoms with E-state index in [-0.39, 0.29) is 12.0 Å². The van der Waals surface area contributed by atoms with Crippen molar-refractivity contribution in [1.29, 1.82) is 0 Å². The first kappa shape index (κ1) is 18.7. The predicted molar refractivity (Wildman–Crippen MR) is 104 cm³/mol. The Kier molecular flexibility index (Phi) is 7.21. The third-order valence-corrected chi connectivity index (χ3v) is 4.14. The van der Waals surface area contributed by atoms with E-state index < -0.39 is 0 Å². The summed E-state index contributed by atoms with van der Waals surface area (Å²) in [5, 5.41) is 7.69. The van der Waals surface area contributed by atoms with Crippen molar-refractivity contribution in [2.75, 3.05) is 12.3 Å². The fraction of sp³-hybridized carbons (Fsp3) is 0.353. The number of nitrogen functional groups attached to an aromatic ring is 1. The molecule has 0 radical (unpaired) electrons. The molecule has 0 aliphatic heterocycles. The molecule has 0 aliphatic carbocycles. The predicted octanol–water partition coefficient (Wildman–Crippen LogP) is 3.22. The number of carbonyl (C=O) groups excluding carboxylic acids is 1. The van der Waals surface area contributed by atoms with Gasteiger partial charge in [-0.2, -0.15) is 0 Å². The number of aliphatic imine (C=N–C) groups is 1. The van der Waals surface area contributed by atoms with Gasteiger partial charge in [-0.3, -0.25) is 5.32 Å². The maximum Gasteiger partial charge on any atom is 0.321 e. The normalized spacial score (nSPS) is 11.3. The number of thiazole rings is 1. The lowest BCUT2D eigenvalue weighted by molar-refractivity contribution is 0.245. The van der Waals surface area contributed by atoms with Crippen LogP contribution in [0.4, 0.5) is 15.6 Å². The molecule has 0 saturated carbocycles. The quantitative estimate of drug-likeness (QED) is 0.344. The number of aromatic nitrogens is 1. The van der Waals surface area contributed by atoms with Crippen LogP contribution in [0.1, 0.15) is 32.6 Å². The molecule has 0 saturated heterocycles. The molecule has 1 heterocycles. The zero-order valence-corrected chi connectivity index (χ0v) is 15.1. The highest BCUT2D eigenvalue weighted by Crippen LogP contribution is 2.26. The highest BCUT2D eigenvalue weighted by atomic mass is 32.1. The largest absolute Gasteiger partial charge is 0.375 e. The van der Waals surface area contributed by atoms with Crippen molar-refractivity contribution >= 4 is 34.1 Å². The molecule has 134 valence electrons. The van der Waals surface area contributed by atoms with Gasteiger partial charge in [-0.05, 0) is 18.6 Å². The van der Waals surface area contributed by atoms with Gasteiger partial charge in [-0.15, -0.1) is 11.3 Å². The number of urea groups is 1. The summed E-state index contributed by atoms with van der Waals surface area (Å²) in [7, 11) is 0. The summed E-state index contributed by atoms with van der Waals surface area (Å²) in [5.74, 6) is 0.0426. The van der Waals surface area contributed by atoms with Crippen LogP contribution in [-0.2, 0) is 0 Å². The molecule has 7 nitrogen and oxygen atoms in total. The molecule has 8 heteroatoms. The van der Waals surface area contributed by atoms with Crippen LogP contribution in [0.2, 0.25) is 0 Å². The van der Waals surface area contributed by atoms with Gasteiger partial charge in [0, 0.05) is 17.5 Å². The number of nitrogens with one attached hydrogen (secondary N) is 2. The highest BCUT2D eigenvalue weighted by molar-refractivity contribution is 7.13. The Morgan fingerprint density at radius 3 is 2.88 bits per heavy atom. The number of guanidine groups is 1. The Balaban J connectivity index is 1.90. The number of nitrogens with zero attached hydrogens (tertiary/aromatic N) is 2. The van der Waals surface area contributed by atoms with Crippen molar-refractivity contribution in [1.82, 2.24) is 15.6 Å². The Labute approximate surface area is 151 Å². The van der Waals surface area contributed by atoms with E-state index in [1.165, 1.54) is 24.2 Å². The number of carbonyl (C=O) groups is 1. The minimum atomic E-state index is -0.346. The summed E-state index contributed by atoms with van der Waals surface area (Å²) in [6.07, 6.45) is 4.40. The molecule has 1 aromatic carbocycles. The van der Waals surface area contributed by atoms with Crippen LogP contribution < -0.4 is 22.1 Å². The number of unbranched alkanes of at least 4 members (excludes halogenated alkanes) is 3. The van der Waals surface area contributed by atoms with Gasteiger partial charge in [-0.25, -0.2) is 14.8 Å². The average molecular weight is 360 g/mol. The molecule has 25 heavy (non-hydrogen) atoms. The Bertz CT molecular complexity index is 727. The molecular formula is C17H24N6OS. The molecule has 6 N–H and O–H groups in total. The Morgan fingerprint density at radius 1 is 1.32 bits per heavy atom. The monoisotopic (exact) mass is 360 g/mol.